The molecule has 0 bridgehead atoms. The lowest BCUT2D eigenvalue weighted by atomic mass is 10.1. The maximum absolute atomic E-state index is 12.8. The average Bonchev–Trinajstić information content (AvgIpc) is 2.75. The molecule has 1 N–H and O–H groups in total. The van der Waals surface area contributed by atoms with Crippen LogP contribution in [0.15, 0.2) is 60.8 Å². The van der Waals surface area contributed by atoms with Crippen LogP contribution in [0.1, 0.15) is 29.6 Å². The van der Waals surface area contributed by atoms with Gasteiger partial charge in [0.15, 0.2) is 5.82 Å². The standard InChI is InChI=1S/C21H21N5O/c27-21(17-10-7-13-22-20(17)26-14-5-2-6-15-26)23-19-12-11-18(24-25-19)16-8-3-1-4-9-16/h1,3-4,7-13H,2,5-6,14-15H2,(H,23,25,27). The molecule has 3 heterocycles. The van der Waals surface area contributed by atoms with Crippen LogP contribution in [0.25, 0.3) is 11.3 Å². The molecule has 136 valence electrons. The Morgan fingerprint density at radius 2 is 1.70 bits per heavy atom. The van der Waals surface area contributed by atoms with E-state index in [1.54, 1.807) is 24.4 Å². The second-order valence-electron chi connectivity index (χ2n) is 6.55. The predicted molar refractivity (Wildman–Crippen MR) is 106 cm³/mol. The maximum atomic E-state index is 12.8. The van der Waals surface area contributed by atoms with Crippen LogP contribution in [0.3, 0.4) is 0 Å². The predicted octanol–water partition coefficient (Wildman–Crippen LogP) is 3.78. The highest BCUT2D eigenvalue weighted by Crippen LogP contribution is 2.23. The topological polar surface area (TPSA) is 71.0 Å². The molecule has 1 aliphatic heterocycles. The van der Waals surface area contributed by atoms with E-state index in [1.165, 1.54) is 6.42 Å². The van der Waals surface area contributed by atoms with Gasteiger partial charge < -0.3 is 10.2 Å². The molecule has 6 heteroatoms. The van der Waals surface area contributed by atoms with Crippen molar-refractivity contribution in [2.24, 2.45) is 0 Å². The van der Waals surface area contributed by atoms with Gasteiger partial charge >= 0.3 is 0 Å². The number of hydrogen-bond donors (Lipinski definition) is 1. The number of aromatic nitrogens is 3. The van der Waals surface area contributed by atoms with Gasteiger partial charge in [0.25, 0.3) is 5.91 Å². The monoisotopic (exact) mass is 359 g/mol. The van der Waals surface area contributed by atoms with Gasteiger partial charge in [-0.25, -0.2) is 4.98 Å². The van der Waals surface area contributed by atoms with E-state index in [-0.39, 0.29) is 5.91 Å². The third-order valence-electron chi connectivity index (χ3n) is 4.66. The Kier molecular flexibility index (Phi) is 5.05. The minimum atomic E-state index is -0.217. The van der Waals surface area contributed by atoms with Crippen molar-refractivity contribution >= 4 is 17.5 Å². The van der Waals surface area contributed by atoms with E-state index in [2.05, 4.69) is 25.4 Å². The van der Waals surface area contributed by atoms with E-state index < -0.39 is 0 Å². The molecule has 0 atom stereocenters. The molecule has 0 spiro atoms. The van der Waals surface area contributed by atoms with E-state index in [9.17, 15) is 4.79 Å². The van der Waals surface area contributed by atoms with Crippen LogP contribution < -0.4 is 10.2 Å². The van der Waals surface area contributed by atoms with Crippen LogP contribution in [0.4, 0.5) is 11.6 Å². The number of carbonyl (C=O) groups is 1. The summed E-state index contributed by atoms with van der Waals surface area (Å²) < 4.78 is 0. The molecule has 0 aliphatic carbocycles. The van der Waals surface area contributed by atoms with Crippen LogP contribution in [0, 0.1) is 0 Å². The van der Waals surface area contributed by atoms with Crippen LogP contribution in [-0.4, -0.2) is 34.2 Å². The molecular weight excluding hydrogens is 338 g/mol. The summed E-state index contributed by atoms with van der Waals surface area (Å²) in [5.41, 5.74) is 2.32. The van der Waals surface area contributed by atoms with Gasteiger partial charge in [0.2, 0.25) is 0 Å². The van der Waals surface area contributed by atoms with E-state index in [0.717, 1.165) is 43.0 Å². The third-order valence-corrected chi connectivity index (χ3v) is 4.66. The molecule has 27 heavy (non-hydrogen) atoms. The number of nitrogens with zero attached hydrogens (tertiary/aromatic N) is 4. The van der Waals surface area contributed by atoms with Crippen LogP contribution in [0.5, 0.6) is 0 Å². The summed E-state index contributed by atoms with van der Waals surface area (Å²) in [6, 6.07) is 17.0. The van der Waals surface area contributed by atoms with E-state index in [4.69, 9.17) is 0 Å². The summed E-state index contributed by atoms with van der Waals surface area (Å²) in [6.07, 6.45) is 5.22. The van der Waals surface area contributed by atoms with Gasteiger partial charge in [-0.05, 0) is 43.5 Å². The Labute approximate surface area is 158 Å². The zero-order valence-electron chi connectivity index (χ0n) is 15.0. The van der Waals surface area contributed by atoms with Crippen molar-refractivity contribution in [3.8, 4) is 11.3 Å². The lowest BCUT2D eigenvalue weighted by molar-refractivity contribution is 0.102. The largest absolute Gasteiger partial charge is 0.356 e. The van der Waals surface area contributed by atoms with Gasteiger partial charge in [0.1, 0.15) is 5.82 Å². The summed E-state index contributed by atoms with van der Waals surface area (Å²) in [5, 5.41) is 11.2. The number of anilines is 2. The average molecular weight is 359 g/mol. The van der Waals surface area contributed by atoms with Crippen LogP contribution in [0.2, 0.25) is 0 Å². The molecule has 1 fully saturated rings. The highest BCUT2D eigenvalue weighted by molar-refractivity contribution is 6.07. The van der Waals surface area contributed by atoms with Crippen molar-refractivity contribution in [1.29, 1.82) is 0 Å². The lowest BCUT2D eigenvalue weighted by Crippen LogP contribution is -2.32. The highest BCUT2D eigenvalue weighted by Gasteiger charge is 2.20. The molecule has 0 saturated carbocycles. The number of amides is 1. The first kappa shape index (κ1) is 17.1. The minimum absolute atomic E-state index is 0.217. The van der Waals surface area contributed by atoms with Gasteiger partial charge in [-0.3, -0.25) is 4.79 Å². The Morgan fingerprint density at radius 3 is 2.44 bits per heavy atom. The Balaban J connectivity index is 1.51. The molecule has 1 aromatic carbocycles. The minimum Gasteiger partial charge on any atom is -0.356 e. The summed E-state index contributed by atoms with van der Waals surface area (Å²) in [6.45, 7) is 1.87. The van der Waals surface area contributed by atoms with Crippen molar-refractivity contribution in [3.63, 3.8) is 0 Å². The number of hydrogen-bond acceptors (Lipinski definition) is 5. The normalized spacial score (nSPS) is 14.0. The van der Waals surface area contributed by atoms with Crippen LogP contribution >= 0.6 is 0 Å². The molecule has 4 rings (SSSR count). The van der Waals surface area contributed by atoms with Crippen molar-refractivity contribution in [3.05, 3.63) is 66.4 Å². The molecule has 2 aromatic heterocycles. The molecule has 6 nitrogen and oxygen atoms in total. The first-order chi connectivity index (χ1) is 13.3. The molecule has 1 amide bonds. The molecule has 1 aliphatic rings. The van der Waals surface area contributed by atoms with Gasteiger partial charge in [0.05, 0.1) is 11.3 Å². The van der Waals surface area contributed by atoms with Gasteiger partial charge in [-0.1, -0.05) is 30.3 Å². The van der Waals surface area contributed by atoms with Crippen molar-refractivity contribution in [2.75, 3.05) is 23.3 Å². The SMILES string of the molecule is O=C(Nc1ccc(-c2ccccc2)nn1)c1cccnc1N1CCCCC1. The summed E-state index contributed by atoms with van der Waals surface area (Å²) >= 11 is 0. The van der Waals surface area contributed by atoms with E-state index in [0.29, 0.717) is 11.4 Å². The number of carbonyl (C=O) groups excluding carboxylic acids is 1. The zero-order valence-corrected chi connectivity index (χ0v) is 15.0. The second-order valence-corrected chi connectivity index (χ2v) is 6.55. The van der Waals surface area contributed by atoms with Gasteiger partial charge in [0, 0.05) is 24.8 Å². The maximum Gasteiger partial charge on any atom is 0.260 e. The first-order valence-corrected chi connectivity index (χ1v) is 9.22. The smallest absolute Gasteiger partial charge is 0.260 e. The summed E-state index contributed by atoms with van der Waals surface area (Å²) in [7, 11) is 0. The van der Waals surface area contributed by atoms with Crippen molar-refractivity contribution in [2.45, 2.75) is 19.3 Å². The Hall–Kier alpha value is -3.28. The fourth-order valence-electron chi connectivity index (χ4n) is 3.28. The van der Waals surface area contributed by atoms with Crippen molar-refractivity contribution in [1.82, 2.24) is 15.2 Å². The Bertz CT molecular complexity index is 905. The quantitative estimate of drug-likeness (QED) is 0.767. The van der Waals surface area contributed by atoms with Crippen molar-refractivity contribution < 1.29 is 4.79 Å². The fourth-order valence-corrected chi connectivity index (χ4v) is 3.28. The number of nitrogens with one attached hydrogen (secondary N) is 1. The van der Waals surface area contributed by atoms with Gasteiger partial charge in [-0.2, -0.15) is 0 Å². The van der Waals surface area contributed by atoms with Gasteiger partial charge in [-0.15, -0.1) is 10.2 Å². The summed E-state index contributed by atoms with van der Waals surface area (Å²) in [4.78, 5) is 19.4. The first-order valence-electron chi connectivity index (χ1n) is 9.22. The third kappa shape index (κ3) is 3.95. The number of benzene rings is 1. The fraction of sp³-hybridized carbons (Fsp3) is 0.238. The second kappa shape index (κ2) is 7.95. The number of pyridine rings is 1. The zero-order chi connectivity index (χ0) is 18.5. The Morgan fingerprint density at radius 1 is 0.889 bits per heavy atom. The number of rotatable bonds is 4. The molecule has 3 aromatic rings. The molecular formula is C21H21N5O. The van der Waals surface area contributed by atoms with E-state index >= 15 is 0 Å². The molecule has 0 radical (unpaired) electrons. The van der Waals surface area contributed by atoms with Crippen LogP contribution in [-0.2, 0) is 0 Å². The highest BCUT2D eigenvalue weighted by atomic mass is 16.1. The molecule has 1 saturated heterocycles. The summed E-state index contributed by atoms with van der Waals surface area (Å²) in [5.74, 6) is 0.946. The lowest BCUT2D eigenvalue weighted by Gasteiger charge is -2.29. The molecule has 0 unspecified atom stereocenters. The van der Waals surface area contributed by atoms with E-state index in [1.807, 2.05) is 36.4 Å². The number of piperidine rings is 1.